The molecule has 0 aliphatic carbocycles. The van der Waals surface area contributed by atoms with E-state index in [2.05, 4.69) is 10.00 Å². The number of benzene rings is 1. The molecule has 2 aromatic rings. The fourth-order valence-corrected chi connectivity index (χ4v) is 4.81. The Labute approximate surface area is 155 Å². The number of piperazine rings is 1. The largest absolute Gasteiger partial charge is 0.492 e. The van der Waals surface area contributed by atoms with E-state index in [9.17, 15) is 8.42 Å². The number of hydrogen-bond donors (Lipinski definition) is 0. The van der Waals surface area contributed by atoms with Crippen LogP contribution in [-0.2, 0) is 16.6 Å². The standard InChI is InChI=1S/C18H26N4O3S/c1-4-21-14-18(15(3)19-21)26(23,24)22-12-10-20(11-13-22)16-8-6-7-9-17(16)25-5-2/h6-9,14H,4-5,10-13H2,1-3H3. The van der Waals surface area contributed by atoms with Crippen LogP contribution in [0.1, 0.15) is 19.5 Å². The van der Waals surface area contributed by atoms with E-state index in [-0.39, 0.29) is 0 Å². The van der Waals surface area contributed by atoms with Crippen molar-refractivity contribution < 1.29 is 13.2 Å². The third kappa shape index (κ3) is 3.57. The molecule has 0 unspecified atom stereocenters. The first-order valence-electron chi connectivity index (χ1n) is 8.98. The number of sulfonamides is 1. The summed E-state index contributed by atoms with van der Waals surface area (Å²) < 4.78 is 34.9. The quantitative estimate of drug-likeness (QED) is 0.770. The molecule has 1 aliphatic heterocycles. The Hall–Kier alpha value is -2.06. The number of para-hydroxylation sites is 2. The zero-order valence-corrected chi connectivity index (χ0v) is 16.4. The van der Waals surface area contributed by atoms with Crippen molar-refractivity contribution >= 4 is 15.7 Å². The van der Waals surface area contributed by atoms with Crippen molar-refractivity contribution in [3.63, 3.8) is 0 Å². The number of hydrogen-bond acceptors (Lipinski definition) is 5. The number of nitrogens with zero attached hydrogens (tertiary/aromatic N) is 4. The van der Waals surface area contributed by atoms with Crippen LogP contribution < -0.4 is 9.64 Å². The highest BCUT2D eigenvalue weighted by atomic mass is 32.2. The maximum atomic E-state index is 13.0. The highest BCUT2D eigenvalue weighted by Crippen LogP contribution is 2.30. The molecule has 142 valence electrons. The third-order valence-corrected chi connectivity index (χ3v) is 6.59. The van der Waals surface area contributed by atoms with E-state index in [4.69, 9.17) is 4.74 Å². The first kappa shape index (κ1) is 18.7. The number of aryl methyl sites for hydroxylation is 2. The Morgan fingerprint density at radius 2 is 1.81 bits per heavy atom. The zero-order valence-electron chi connectivity index (χ0n) is 15.6. The Morgan fingerprint density at radius 3 is 2.42 bits per heavy atom. The molecule has 0 amide bonds. The van der Waals surface area contributed by atoms with Gasteiger partial charge in [0.25, 0.3) is 0 Å². The van der Waals surface area contributed by atoms with Gasteiger partial charge in [0.2, 0.25) is 10.0 Å². The van der Waals surface area contributed by atoms with Gasteiger partial charge in [-0.15, -0.1) is 0 Å². The van der Waals surface area contributed by atoms with Crippen LogP contribution in [-0.4, -0.2) is 55.3 Å². The molecule has 2 heterocycles. The Kier molecular flexibility index (Phi) is 5.52. The van der Waals surface area contributed by atoms with Crippen molar-refractivity contribution in [2.24, 2.45) is 0 Å². The summed E-state index contributed by atoms with van der Waals surface area (Å²) in [6, 6.07) is 7.89. The Morgan fingerprint density at radius 1 is 1.12 bits per heavy atom. The molecule has 1 aliphatic rings. The molecule has 0 radical (unpaired) electrons. The fraction of sp³-hybridized carbons (Fsp3) is 0.500. The second-order valence-electron chi connectivity index (χ2n) is 6.23. The molecule has 0 N–H and O–H groups in total. The van der Waals surface area contributed by atoms with Gasteiger partial charge in [-0.1, -0.05) is 12.1 Å². The molecule has 0 saturated carbocycles. The van der Waals surface area contributed by atoms with E-state index in [0.717, 1.165) is 11.4 Å². The van der Waals surface area contributed by atoms with Crippen LogP contribution in [0.15, 0.2) is 35.4 Å². The number of aromatic nitrogens is 2. The van der Waals surface area contributed by atoms with Crippen LogP contribution >= 0.6 is 0 Å². The molecule has 7 nitrogen and oxygen atoms in total. The van der Waals surface area contributed by atoms with E-state index < -0.39 is 10.0 Å². The van der Waals surface area contributed by atoms with Crippen LogP contribution in [0.3, 0.4) is 0 Å². The van der Waals surface area contributed by atoms with Crippen molar-refractivity contribution in [3.05, 3.63) is 36.2 Å². The molecule has 8 heteroatoms. The van der Waals surface area contributed by atoms with E-state index in [0.29, 0.717) is 49.9 Å². The summed E-state index contributed by atoms with van der Waals surface area (Å²) in [5, 5.41) is 4.27. The van der Waals surface area contributed by atoms with Crippen molar-refractivity contribution in [2.45, 2.75) is 32.2 Å². The van der Waals surface area contributed by atoms with Crippen LogP contribution in [0.25, 0.3) is 0 Å². The van der Waals surface area contributed by atoms with E-state index in [1.54, 1.807) is 22.1 Å². The van der Waals surface area contributed by atoms with Crippen LogP contribution in [0.4, 0.5) is 5.69 Å². The minimum absolute atomic E-state index is 0.308. The molecule has 1 aromatic carbocycles. The van der Waals surface area contributed by atoms with E-state index >= 15 is 0 Å². The smallest absolute Gasteiger partial charge is 0.246 e. The van der Waals surface area contributed by atoms with E-state index in [1.165, 1.54) is 0 Å². The Bertz CT molecular complexity index is 855. The molecule has 0 bridgehead atoms. The van der Waals surface area contributed by atoms with Gasteiger partial charge in [-0.3, -0.25) is 4.68 Å². The summed E-state index contributed by atoms with van der Waals surface area (Å²) in [4.78, 5) is 2.49. The lowest BCUT2D eigenvalue weighted by atomic mass is 10.2. The first-order valence-corrected chi connectivity index (χ1v) is 10.4. The maximum Gasteiger partial charge on any atom is 0.246 e. The lowest BCUT2D eigenvalue weighted by molar-refractivity contribution is 0.337. The van der Waals surface area contributed by atoms with Gasteiger partial charge in [0, 0.05) is 38.9 Å². The molecule has 0 atom stereocenters. The van der Waals surface area contributed by atoms with Gasteiger partial charge >= 0.3 is 0 Å². The Balaban J connectivity index is 1.75. The molecule has 1 saturated heterocycles. The normalized spacial score (nSPS) is 16.0. The number of rotatable bonds is 6. The van der Waals surface area contributed by atoms with Crippen molar-refractivity contribution in [2.75, 3.05) is 37.7 Å². The lowest BCUT2D eigenvalue weighted by Crippen LogP contribution is -2.48. The molecule has 26 heavy (non-hydrogen) atoms. The number of ether oxygens (including phenoxy) is 1. The van der Waals surface area contributed by atoms with Gasteiger partial charge in [-0.2, -0.15) is 9.40 Å². The molecular formula is C18H26N4O3S. The topological polar surface area (TPSA) is 67.7 Å². The monoisotopic (exact) mass is 378 g/mol. The maximum absolute atomic E-state index is 13.0. The predicted molar refractivity (Wildman–Crippen MR) is 101 cm³/mol. The molecule has 0 spiro atoms. The second-order valence-corrected chi connectivity index (χ2v) is 8.13. The van der Waals surface area contributed by atoms with Crippen LogP contribution in [0.5, 0.6) is 5.75 Å². The zero-order chi connectivity index (χ0) is 18.7. The lowest BCUT2D eigenvalue weighted by Gasteiger charge is -2.35. The SMILES string of the molecule is CCOc1ccccc1N1CCN(S(=O)(=O)c2cn(CC)nc2C)CC1. The van der Waals surface area contributed by atoms with Gasteiger partial charge in [-0.05, 0) is 32.9 Å². The molecule has 3 rings (SSSR count). The summed E-state index contributed by atoms with van der Waals surface area (Å²) in [6.45, 7) is 9.04. The van der Waals surface area contributed by atoms with Crippen molar-refractivity contribution in [3.8, 4) is 5.75 Å². The summed E-state index contributed by atoms with van der Waals surface area (Å²) in [5.74, 6) is 0.839. The van der Waals surface area contributed by atoms with Gasteiger partial charge in [0.05, 0.1) is 18.0 Å². The summed E-state index contributed by atoms with van der Waals surface area (Å²) in [7, 11) is -3.52. The minimum atomic E-state index is -3.52. The summed E-state index contributed by atoms with van der Waals surface area (Å²) in [5.41, 5.74) is 1.57. The highest BCUT2D eigenvalue weighted by Gasteiger charge is 2.31. The molecule has 1 aromatic heterocycles. The van der Waals surface area contributed by atoms with Crippen molar-refractivity contribution in [1.29, 1.82) is 0 Å². The first-order chi connectivity index (χ1) is 12.5. The minimum Gasteiger partial charge on any atom is -0.492 e. The summed E-state index contributed by atoms with van der Waals surface area (Å²) >= 11 is 0. The third-order valence-electron chi connectivity index (χ3n) is 4.59. The molecule has 1 fully saturated rings. The van der Waals surface area contributed by atoms with Crippen molar-refractivity contribution in [1.82, 2.24) is 14.1 Å². The van der Waals surface area contributed by atoms with E-state index in [1.807, 2.05) is 38.1 Å². The van der Waals surface area contributed by atoms with Gasteiger partial charge < -0.3 is 9.64 Å². The average Bonchev–Trinajstić information content (AvgIpc) is 3.04. The molecular weight excluding hydrogens is 352 g/mol. The van der Waals surface area contributed by atoms with Gasteiger partial charge in [-0.25, -0.2) is 8.42 Å². The van der Waals surface area contributed by atoms with Crippen LogP contribution in [0.2, 0.25) is 0 Å². The predicted octanol–water partition coefficient (Wildman–Crippen LogP) is 2.12. The van der Waals surface area contributed by atoms with Gasteiger partial charge in [0.15, 0.2) is 0 Å². The second kappa shape index (κ2) is 7.67. The van der Waals surface area contributed by atoms with Crippen LogP contribution in [0, 0.1) is 6.92 Å². The fourth-order valence-electron chi connectivity index (χ4n) is 3.22. The summed E-state index contributed by atoms with van der Waals surface area (Å²) in [6.07, 6.45) is 1.63. The average molecular weight is 378 g/mol. The van der Waals surface area contributed by atoms with Gasteiger partial charge in [0.1, 0.15) is 10.6 Å². The number of anilines is 1. The highest BCUT2D eigenvalue weighted by molar-refractivity contribution is 7.89.